The zero-order chi connectivity index (χ0) is 25.9. The monoisotopic (exact) mass is 515 g/mol. The van der Waals surface area contributed by atoms with Crippen LogP contribution in [0.15, 0.2) is 60.8 Å². The second-order valence-corrected chi connectivity index (χ2v) is 10.7. The van der Waals surface area contributed by atoms with Crippen molar-refractivity contribution in [3.8, 4) is 17.4 Å². The number of rotatable bonds is 8. The van der Waals surface area contributed by atoms with Crippen LogP contribution < -0.4 is 14.4 Å². The number of fused-ring (bicyclic) bond motifs is 1. The molecular weight excluding hydrogens is 487 g/mol. The van der Waals surface area contributed by atoms with Crippen LogP contribution in [-0.4, -0.2) is 23.6 Å². The number of benzene rings is 2. The van der Waals surface area contributed by atoms with Crippen LogP contribution in [-0.2, 0) is 12.7 Å². The Balaban J connectivity index is 1.56. The summed E-state index contributed by atoms with van der Waals surface area (Å²) in [6.45, 7) is 8.10. The Hall–Kier alpha value is -3.33. The maximum absolute atomic E-state index is 12.8. The van der Waals surface area contributed by atoms with Gasteiger partial charge < -0.3 is 14.4 Å². The number of aromatic nitrogens is 2. The van der Waals surface area contributed by atoms with E-state index in [-0.39, 0.29) is 11.3 Å². The molecule has 0 radical (unpaired) electrons. The molecule has 0 saturated carbocycles. The van der Waals surface area contributed by atoms with Gasteiger partial charge in [-0.1, -0.05) is 50.3 Å². The zero-order valence-electron chi connectivity index (χ0n) is 20.6. The summed E-state index contributed by atoms with van der Waals surface area (Å²) in [5, 5.41) is 0.952. The van der Waals surface area contributed by atoms with Gasteiger partial charge >= 0.3 is 6.18 Å². The molecule has 9 heteroatoms. The van der Waals surface area contributed by atoms with Gasteiger partial charge in [0.2, 0.25) is 5.88 Å². The maximum Gasteiger partial charge on any atom is 0.417 e. The predicted molar refractivity (Wildman–Crippen MR) is 137 cm³/mol. The predicted octanol–water partition coefficient (Wildman–Crippen LogP) is 7.95. The van der Waals surface area contributed by atoms with Gasteiger partial charge in [-0.3, -0.25) is 0 Å². The Bertz CT molecular complexity index is 1280. The lowest BCUT2D eigenvalue weighted by molar-refractivity contribution is -0.137. The molecule has 4 aromatic rings. The maximum atomic E-state index is 12.8. The van der Waals surface area contributed by atoms with E-state index in [9.17, 15) is 13.2 Å². The number of ether oxygens (including phenoxy) is 2. The number of thiazole rings is 1. The number of anilines is 1. The second-order valence-electron chi connectivity index (χ2n) is 9.67. The highest BCUT2D eigenvalue weighted by Crippen LogP contribution is 2.35. The molecule has 0 N–H and O–H groups in total. The zero-order valence-corrected chi connectivity index (χ0v) is 21.4. The molecule has 0 aliphatic rings. The Labute approximate surface area is 212 Å². The van der Waals surface area contributed by atoms with Gasteiger partial charge in [0.05, 0.1) is 22.9 Å². The van der Waals surface area contributed by atoms with Crippen molar-refractivity contribution < 1.29 is 22.6 Å². The van der Waals surface area contributed by atoms with Crippen LogP contribution in [0.1, 0.15) is 38.3 Å². The molecule has 2 aromatic carbocycles. The fourth-order valence-electron chi connectivity index (χ4n) is 3.54. The molecule has 0 aliphatic carbocycles. The summed E-state index contributed by atoms with van der Waals surface area (Å²) in [6.07, 6.45) is -2.71. The van der Waals surface area contributed by atoms with Gasteiger partial charge in [0.1, 0.15) is 0 Å². The third-order valence-corrected chi connectivity index (χ3v) is 6.66. The lowest BCUT2D eigenvalue weighted by Gasteiger charge is -2.27. The quantitative estimate of drug-likeness (QED) is 0.238. The van der Waals surface area contributed by atoms with Crippen LogP contribution in [0.25, 0.3) is 10.2 Å². The largest absolute Gasteiger partial charge is 0.493 e. The number of para-hydroxylation sites is 1. The number of hydrogen-bond donors (Lipinski definition) is 0. The fraction of sp³-hybridized carbons (Fsp3) is 0.333. The van der Waals surface area contributed by atoms with Crippen molar-refractivity contribution in [2.24, 2.45) is 5.41 Å². The topological polar surface area (TPSA) is 47.5 Å². The molecule has 0 bridgehead atoms. The number of halogens is 3. The molecule has 0 spiro atoms. The van der Waals surface area contributed by atoms with Crippen molar-refractivity contribution >= 4 is 26.7 Å². The van der Waals surface area contributed by atoms with Crippen molar-refractivity contribution in [3.63, 3.8) is 0 Å². The summed E-state index contributed by atoms with van der Waals surface area (Å²) in [5.41, 5.74) is 1.30. The van der Waals surface area contributed by atoms with Crippen molar-refractivity contribution in [1.82, 2.24) is 9.97 Å². The normalized spacial score (nSPS) is 12.1. The SMILES string of the molecule is COc1cc(CN(CCC(C)(C)C)c2nc3ccccc3s2)ccc1Oc1ccc(C(F)(F)F)cn1. The van der Waals surface area contributed by atoms with Crippen LogP contribution in [0.3, 0.4) is 0 Å². The second kappa shape index (κ2) is 10.3. The van der Waals surface area contributed by atoms with Crippen molar-refractivity contribution in [2.75, 3.05) is 18.6 Å². The van der Waals surface area contributed by atoms with E-state index >= 15 is 0 Å². The molecule has 0 amide bonds. The first-order chi connectivity index (χ1) is 17.0. The van der Waals surface area contributed by atoms with Gasteiger partial charge in [-0.25, -0.2) is 9.97 Å². The number of pyridine rings is 1. The smallest absolute Gasteiger partial charge is 0.417 e. The van der Waals surface area contributed by atoms with Crippen molar-refractivity contribution in [1.29, 1.82) is 0 Å². The molecule has 0 unspecified atom stereocenters. The van der Waals surface area contributed by atoms with E-state index in [4.69, 9.17) is 14.5 Å². The third-order valence-electron chi connectivity index (χ3n) is 5.56. The third kappa shape index (κ3) is 6.46. The minimum absolute atomic E-state index is 0.0512. The van der Waals surface area contributed by atoms with E-state index in [2.05, 4.69) is 36.7 Å². The van der Waals surface area contributed by atoms with Gasteiger partial charge in [-0.05, 0) is 47.7 Å². The van der Waals surface area contributed by atoms with Gasteiger partial charge in [0.25, 0.3) is 0 Å². The summed E-state index contributed by atoms with van der Waals surface area (Å²) in [4.78, 5) is 10.9. The van der Waals surface area contributed by atoms with E-state index in [0.717, 1.165) is 46.1 Å². The number of alkyl halides is 3. The first kappa shape index (κ1) is 25.8. The average molecular weight is 516 g/mol. The van der Waals surface area contributed by atoms with Gasteiger partial charge in [0.15, 0.2) is 16.6 Å². The minimum atomic E-state index is -4.45. The molecule has 4 rings (SSSR count). The Morgan fingerprint density at radius 1 is 0.972 bits per heavy atom. The molecule has 0 saturated heterocycles. The van der Waals surface area contributed by atoms with E-state index in [1.54, 1.807) is 17.4 Å². The molecule has 0 atom stereocenters. The van der Waals surface area contributed by atoms with E-state index in [0.29, 0.717) is 18.0 Å². The number of methoxy groups -OCH3 is 1. The molecule has 0 fully saturated rings. The molecule has 190 valence electrons. The lowest BCUT2D eigenvalue weighted by atomic mass is 9.92. The first-order valence-electron chi connectivity index (χ1n) is 11.5. The summed E-state index contributed by atoms with van der Waals surface area (Å²) in [6, 6.07) is 15.7. The molecule has 2 aromatic heterocycles. The van der Waals surface area contributed by atoms with E-state index < -0.39 is 11.7 Å². The van der Waals surface area contributed by atoms with E-state index in [1.807, 2.05) is 30.3 Å². The Kier molecular flexibility index (Phi) is 7.40. The van der Waals surface area contributed by atoms with Crippen LogP contribution in [0.2, 0.25) is 0 Å². The van der Waals surface area contributed by atoms with E-state index in [1.165, 1.54) is 13.2 Å². The highest BCUT2D eigenvalue weighted by atomic mass is 32.1. The van der Waals surface area contributed by atoms with Gasteiger partial charge in [-0.15, -0.1) is 0 Å². The molecular formula is C27H28F3N3O2S. The Morgan fingerprint density at radius 2 is 1.75 bits per heavy atom. The number of nitrogens with zero attached hydrogens (tertiary/aromatic N) is 3. The van der Waals surface area contributed by atoms with Gasteiger partial charge in [0, 0.05) is 25.4 Å². The molecule has 5 nitrogen and oxygen atoms in total. The minimum Gasteiger partial charge on any atom is -0.493 e. The lowest BCUT2D eigenvalue weighted by Crippen LogP contribution is -2.27. The van der Waals surface area contributed by atoms with Crippen LogP contribution in [0.5, 0.6) is 17.4 Å². The van der Waals surface area contributed by atoms with Gasteiger partial charge in [-0.2, -0.15) is 13.2 Å². The van der Waals surface area contributed by atoms with Crippen molar-refractivity contribution in [2.45, 2.75) is 39.9 Å². The fourth-order valence-corrected chi connectivity index (χ4v) is 4.53. The molecule has 36 heavy (non-hydrogen) atoms. The highest BCUT2D eigenvalue weighted by Gasteiger charge is 2.30. The van der Waals surface area contributed by atoms with Crippen molar-refractivity contribution in [3.05, 3.63) is 71.9 Å². The summed E-state index contributed by atoms with van der Waals surface area (Å²) >= 11 is 1.66. The number of hydrogen-bond acceptors (Lipinski definition) is 6. The standard InChI is InChI=1S/C27H28F3N3O2S/c1-26(2,3)13-14-33(25-32-20-7-5-6-8-23(20)36-25)17-18-9-11-21(22(15-18)34-4)35-24-12-10-19(16-31-24)27(28,29)30/h5-12,15-16H,13-14,17H2,1-4H3. The highest BCUT2D eigenvalue weighted by molar-refractivity contribution is 7.22. The Morgan fingerprint density at radius 3 is 2.39 bits per heavy atom. The molecule has 2 heterocycles. The first-order valence-corrected chi connectivity index (χ1v) is 12.3. The molecule has 0 aliphatic heterocycles. The summed E-state index contributed by atoms with van der Waals surface area (Å²) < 4.78 is 50.8. The van der Waals surface area contributed by atoms with Crippen LogP contribution >= 0.6 is 11.3 Å². The van der Waals surface area contributed by atoms with Crippen LogP contribution in [0.4, 0.5) is 18.3 Å². The summed E-state index contributed by atoms with van der Waals surface area (Å²) in [5.74, 6) is 0.888. The van der Waals surface area contributed by atoms with Crippen LogP contribution in [0, 0.1) is 5.41 Å². The summed E-state index contributed by atoms with van der Waals surface area (Å²) in [7, 11) is 1.52. The average Bonchev–Trinajstić information content (AvgIpc) is 3.26.